The number of carbonyl (C=O) groups is 1. The molecule has 138 valence electrons. The van der Waals surface area contributed by atoms with Gasteiger partial charge in [-0.2, -0.15) is 5.10 Å². The molecule has 0 atom stereocenters. The van der Waals surface area contributed by atoms with Gasteiger partial charge < -0.3 is 9.47 Å². The van der Waals surface area contributed by atoms with Crippen LogP contribution in [0.2, 0.25) is 5.02 Å². The van der Waals surface area contributed by atoms with E-state index in [1.54, 1.807) is 31.5 Å². The first-order chi connectivity index (χ1) is 13.2. The monoisotopic (exact) mass is 400 g/mol. The summed E-state index contributed by atoms with van der Waals surface area (Å²) in [5, 5.41) is 6.47. The highest BCUT2D eigenvalue weighted by molar-refractivity contribution is 7.12. The van der Waals surface area contributed by atoms with Crippen LogP contribution in [0.4, 0.5) is 0 Å². The van der Waals surface area contributed by atoms with Gasteiger partial charge in [0.2, 0.25) is 0 Å². The van der Waals surface area contributed by atoms with Gasteiger partial charge in [-0.3, -0.25) is 4.79 Å². The second-order valence-electron chi connectivity index (χ2n) is 5.47. The van der Waals surface area contributed by atoms with Crippen molar-refractivity contribution in [2.45, 2.75) is 6.61 Å². The van der Waals surface area contributed by atoms with Crippen LogP contribution in [0.1, 0.15) is 20.8 Å². The molecule has 0 bridgehead atoms. The number of halogens is 1. The number of ether oxygens (including phenoxy) is 2. The molecule has 7 heteroatoms. The van der Waals surface area contributed by atoms with E-state index in [1.807, 2.05) is 41.8 Å². The number of benzene rings is 2. The molecule has 0 aliphatic carbocycles. The van der Waals surface area contributed by atoms with E-state index < -0.39 is 0 Å². The summed E-state index contributed by atoms with van der Waals surface area (Å²) in [5.41, 5.74) is 4.15. The summed E-state index contributed by atoms with van der Waals surface area (Å²) in [5.74, 6) is 0.917. The van der Waals surface area contributed by atoms with E-state index in [0.717, 1.165) is 11.1 Å². The van der Waals surface area contributed by atoms with Gasteiger partial charge in [-0.25, -0.2) is 5.43 Å². The predicted octanol–water partition coefficient (Wildman–Crippen LogP) is 4.75. The third-order valence-electron chi connectivity index (χ3n) is 3.65. The molecule has 0 spiro atoms. The Kier molecular flexibility index (Phi) is 6.46. The minimum atomic E-state index is -0.243. The Morgan fingerprint density at radius 3 is 2.78 bits per heavy atom. The average molecular weight is 401 g/mol. The first-order valence-corrected chi connectivity index (χ1v) is 9.34. The summed E-state index contributed by atoms with van der Waals surface area (Å²) >= 11 is 7.50. The Labute approximate surface area is 166 Å². The highest BCUT2D eigenvalue weighted by Crippen LogP contribution is 2.29. The van der Waals surface area contributed by atoms with Crippen molar-refractivity contribution in [2.75, 3.05) is 7.11 Å². The number of carbonyl (C=O) groups excluding carboxylic acids is 1. The molecule has 1 N–H and O–H groups in total. The summed E-state index contributed by atoms with van der Waals surface area (Å²) < 4.78 is 11.2. The van der Waals surface area contributed by atoms with Crippen molar-refractivity contribution in [2.24, 2.45) is 5.10 Å². The zero-order valence-corrected chi connectivity index (χ0v) is 16.1. The number of methoxy groups -OCH3 is 1. The lowest BCUT2D eigenvalue weighted by Crippen LogP contribution is -2.16. The van der Waals surface area contributed by atoms with Gasteiger partial charge in [0, 0.05) is 10.6 Å². The largest absolute Gasteiger partial charge is 0.493 e. The first-order valence-electron chi connectivity index (χ1n) is 8.08. The molecule has 5 nitrogen and oxygen atoms in total. The van der Waals surface area contributed by atoms with E-state index >= 15 is 0 Å². The van der Waals surface area contributed by atoms with Crippen molar-refractivity contribution in [3.63, 3.8) is 0 Å². The number of hydrazone groups is 1. The van der Waals surface area contributed by atoms with Crippen LogP contribution in [0.25, 0.3) is 0 Å². The molecule has 27 heavy (non-hydrogen) atoms. The Hall–Kier alpha value is -2.83. The van der Waals surface area contributed by atoms with Gasteiger partial charge in [-0.05, 0) is 41.3 Å². The number of hydrogen-bond donors (Lipinski definition) is 1. The standard InChI is InChI=1S/C20H17ClN2O3S/c1-25-18-11-14(12-22-23-20(24)19-7-4-10-27-19)8-9-17(18)26-13-15-5-2-3-6-16(15)21/h2-12H,13H2,1H3,(H,23,24)/b22-12+. The Bertz CT molecular complexity index is 942. The molecule has 0 aliphatic rings. The molecule has 0 saturated carbocycles. The molecular weight excluding hydrogens is 384 g/mol. The maximum atomic E-state index is 11.9. The lowest BCUT2D eigenvalue weighted by molar-refractivity contribution is 0.0959. The molecule has 2 aromatic carbocycles. The minimum absolute atomic E-state index is 0.243. The second kappa shape index (κ2) is 9.21. The number of nitrogens with zero attached hydrogens (tertiary/aromatic N) is 1. The van der Waals surface area contributed by atoms with Crippen molar-refractivity contribution in [3.8, 4) is 11.5 Å². The summed E-state index contributed by atoms with van der Waals surface area (Å²) in [6.45, 7) is 0.334. The summed E-state index contributed by atoms with van der Waals surface area (Å²) in [4.78, 5) is 12.5. The van der Waals surface area contributed by atoms with E-state index in [2.05, 4.69) is 10.5 Å². The van der Waals surface area contributed by atoms with Crippen LogP contribution in [-0.2, 0) is 6.61 Å². The van der Waals surface area contributed by atoms with Gasteiger partial charge in [0.1, 0.15) is 6.61 Å². The van der Waals surface area contributed by atoms with Crippen LogP contribution in [0.15, 0.2) is 65.1 Å². The van der Waals surface area contributed by atoms with Crippen LogP contribution in [0, 0.1) is 0 Å². The fraction of sp³-hybridized carbons (Fsp3) is 0.100. The number of rotatable bonds is 7. The smallest absolute Gasteiger partial charge is 0.281 e. The van der Waals surface area contributed by atoms with E-state index in [-0.39, 0.29) is 5.91 Å². The summed E-state index contributed by atoms with van der Waals surface area (Å²) in [7, 11) is 1.57. The molecule has 0 aliphatic heterocycles. The average Bonchev–Trinajstić information content (AvgIpc) is 3.22. The third-order valence-corrected chi connectivity index (χ3v) is 4.89. The van der Waals surface area contributed by atoms with Crippen molar-refractivity contribution < 1.29 is 14.3 Å². The molecule has 1 heterocycles. The molecule has 1 aromatic heterocycles. The van der Waals surface area contributed by atoms with Crippen molar-refractivity contribution in [3.05, 3.63) is 81.0 Å². The first kappa shape index (κ1) is 18.9. The van der Waals surface area contributed by atoms with E-state index in [1.165, 1.54) is 11.3 Å². The Morgan fingerprint density at radius 1 is 1.19 bits per heavy atom. The van der Waals surface area contributed by atoms with Crippen LogP contribution < -0.4 is 14.9 Å². The lowest BCUT2D eigenvalue weighted by Gasteiger charge is -2.12. The predicted molar refractivity (Wildman–Crippen MR) is 108 cm³/mol. The maximum Gasteiger partial charge on any atom is 0.281 e. The van der Waals surface area contributed by atoms with Crippen molar-refractivity contribution in [1.29, 1.82) is 0 Å². The summed E-state index contributed by atoms with van der Waals surface area (Å²) in [6.07, 6.45) is 1.55. The highest BCUT2D eigenvalue weighted by Gasteiger charge is 2.08. The second-order valence-corrected chi connectivity index (χ2v) is 6.82. The minimum Gasteiger partial charge on any atom is -0.493 e. The normalized spacial score (nSPS) is 10.7. The fourth-order valence-electron chi connectivity index (χ4n) is 2.28. The molecule has 0 unspecified atom stereocenters. The molecule has 0 radical (unpaired) electrons. The molecule has 0 saturated heterocycles. The molecule has 3 aromatic rings. The van der Waals surface area contributed by atoms with Gasteiger partial charge in [-0.15, -0.1) is 11.3 Å². The van der Waals surface area contributed by atoms with Crippen LogP contribution in [0.5, 0.6) is 11.5 Å². The topological polar surface area (TPSA) is 59.9 Å². The van der Waals surface area contributed by atoms with Gasteiger partial charge in [0.25, 0.3) is 5.91 Å². The quantitative estimate of drug-likeness (QED) is 0.459. The fourth-order valence-corrected chi connectivity index (χ4v) is 3.09. The Balaban J connectivity index is 1.64. The van der Waals surface area contributed by atoms with Gasteiger partial charge >= 0.3 is 0 Å². The van der Waals surface area contributed by atoms with Crippen LogP contribution in [-0.4, -0.2) is 19.2 Å². The van der Waals surface area contributed by atoms with Crippen LogP contribution >= 0.6 is 22.9 Å². The third kappa shape index (κ3) is 5.09. The maximum absolute atomic E-state index is 11.9. The molecule has 1 amide bonds. The van der Waals surface area contributed by atoms with E-state index in [0.29, 0.717) is 28.0 Å². The Morgan fingerprint density at radius 2 is 2.04 bits per heavy atom. The summed E-state index contributed by atoms with van der Waals surface area (Å²) in [6, 6.07) is 16.5. The van der Waals surface area contributed by atoms with Crippen molar-refractivity contribution in [1.82, 2.24) is 5.43 Å². The lowest BCUT2D eigenvalue weighted by atomic mass is 10.2. The van der Waals surface area contributed by atoms with Gasteiger partial charge in [-0.1, -0.05) is 35.9 Å². The van der Waals surface area contributed by atoms with E-state index in [9.17, 15) is 4.79 Å². The number of amides is 1. The molecular formula is C20H17ClN2O3S. The number of hydrogen-bond acceptors (Lipinski definition) is 5. The molecule has 0 fully saturated rings. The zero-order chi connectivity index (χ0) is 19.1. The van der Waals surface area contributed by atoms with Crippen LogP contribution in [0.3, 0.4) is 0 Å². The van der Waals surface area contributed by atoms with E-state index in [4.69, 9.17) is 21.1 Å². The van der Waals surface area contributed by atoms with Gasteiger partial charge in [0.05, 0.1) is 18.2 Å². The zero-order valence-electron chi connectivity index (χ0n) is 14.5. The van der Waals surface area contributed by atoms with Gasteiger partial charge in [0.15, 0.2) is 11.5 Å². The SMILES string of the molecule is COc1cc(/C=N/NC(=O)c2cccs2)ccc1OCc1ccccc1Cl. The number of thiophene rings is 1. The van der Waals surface area contributed by atoms with Crippen molar-refractivity contribution >= 4 is 35.1 Å². The molecule has 3 rings (SSSR count). The highest BCUT2D eigenvalue weighted by atomic mass is 35.5. The number of nitrogens with one attached hydrogen (secondary N) is 1.